The molecule has 0 saturated carbocycles. The number of aryl methyl sites for hydroxylation is 1. The Balaban J connectivity index is 2.58. The van der Waals surface area contributed by atoms with Crippen molar-refractivity contribution in [1.29, 1.82) is 0 Å². The van der Waals surface area contributed by atoms with E-state index in [0.29, 0.717) is 22.8 Å². The molecule has 0 fully saturated rings. The first-order valence-electron chi connectivity index (χ1n) is 5.29. The number of hydrogen-bond donors (Lipinski definition) is 0. The van der Waals surface area contributed by atoms with Crippen molar-refractivity contribution in [2.75, 3.05) is 7.11 Å². The summed E-state index contributed by atoms with van der Waals surface area (Å²) in [5.41, 5.74) is 2.58. The highest BCUT2D eigenvalue weighted by atomic mass is 35.5. The molecule has 0 aliphatic heterocycles. The minimum absolute atomic E-state index is 0.288. The van der Waals surface area contributed by atoms with E-state index in [0.717, 1.165) is 11.1 Å². The van der Waals surface area contributed by atoms with Crippen LogP contribution >= 0.6 is 11.6 Å². The van der Waals surface area contributed by atoms with E-state index in [2.05, 4.69) is 10.2 Å². The van der Waals surface area contributed by atoms with E-state index in [1.807, 2.05) is 13.0 Å². The van der Waals surface area contributed by atoms with E-state index >= 15 is 0 Å². The molecule has 2 rings (SSSR count). The minimum atomic E-state index is 0.288. The van der Waals surface area contributed by atoms with Gasteiger partial charge in [-0.05, 0) is 36.8 Å². The zero-order valence-corrected chi connectivity index (χ0v) is 10.7. The number of rotatable bonds is 3. The van der Waals surface area contributed by atoms with Crippen LogP contribution in [0.2, 0.25) is 5.02 Å². The maximum Gasteiger partial charge on any atom is 0.170 e. The summed E-state index contributed by atoms with van der Waals surface area (Å²) < 4.78 is 5.35. The molecule has 1 aromatic heterocycles. The lowest BCUT2D eigenvalue weighted by molar-refractivity contribution is 0.111. The zero-order chi connectivity index (χ0) is 13.1. The highest BCUT2D eigenvalue weighted by molar-refractivity contribution is 6.31. The van der Waals surface area contributed by atoms with Gasteiger partial charge in [-0.2, -0.15) is 0 Å². The van der Waals surface area contributed by atoms with Crippen molar-refractivity contribution in [3.05, 3.63) is 40.5 Å². The van der Waals surface area contributed by atoms with Crippen LogP contribution in [0, 0.1) is 6.92 Å². The second-order valence-electron chi connectivity index (χ2n) is 3.76. The van der Waals surface area contributed by atoms with Gasteiger partial charge in [0.15, 0.2) is 6.29 Å². The van der Waals surface area contributed by atoms with E-state index in [4.69, 9.17) is 16.3 Å². The molecule has 0 N–H and O–H groups in total. The van der Waals surface area contributed by atoms with E-state index < -0.39 is 0 Å². The molecule has 0 radical (unpaired) electrons. The van der Waals surface area contributed by atoms with E-state index in [1.54, 1.807) is 25.3 Å². The van der Waals surface area contributed by atoms with Crippen LogP contribution in [0.1, 0.15) is 16.1 Å². The molecule has 5 heteroatoms. The standard InChI is InChI=1S/C13H11ClN2O2/c1-8-5-9(14)6-11(13(8)18-2)12-4-3-10(7-17)15-16-12/h3-7H,1-2H3. The average molecular weight is 263 g/mol. The quantitative estimate of drug-likeness (QED) is 0.798. The Hall–Kier alpha value is -1.94. The summed E-state index contributed by atoms with van der Waals surface area (Å²) in [6, 6.07) is 6.89. The molecule has 0 amide bonds. The van der Waals surface area contributed by atoms with Crippen molar-refractivity contribution < 1.29 is 9.53 Å². The lowest BCUT2D eigenvalue weighted by Crippen LogP contribution is -1.96. The highest BCUT2D eigenvalue weighted by Crippen LogP contribution is 2.34. The molecule has 0 spiro atoms. The molecule has 0 unspecified atom stereocenters. The second-order valence-corrected chi connectivity index (χ2v) is 4.20. The Morgan fingerprint density at radius 3 is 2.61 bits per heavy atom. The van der Waals surface area contributed by atoms with Crippen molar-refractivity contribution in [3.63, 3.8) is 0 Å². The predicted molar refractivity (Wildman–Crippen MR) is 69.2 cm³/mol. The third-order valence-electron chi connectivity index (χ3n) is 2.53. The number of nitrogens with zero attached hydrogens (tertiary/aromatic N) is 2. The molecule has 92 valence electrons. The Bertz CT molecular complexity index is 582. The Labute approximate surface area is 110 Å². The van der Waals surface area contributed by atoms with Gasteiger partial charge in [-0.15, -0.1) is 10.2 Å². The van der Waals surface area contributed by atoms with Crippen LogP contribution in [0.25, 0.3) is 11.3 Å². The maximum atomic E-state index is 10.5. The first-order valence-corrected chi connectivity index (χ1v) is 5.67. The number of methoxy groups -OCH3 is 1. The lowest BCUT2D eigenvalue weighted by atomic mass is 10.1. The molecule has 4 nitrogen and oxygen atoms in total. The molecule has 0 aliphatic rings. The van der Waals surface area contributed by atoms with Gasteiger partial charge in [-0.25, -0.2) is 0 Å². The summed E-state index contributed by atoms with van der Waals surface area (Å²) in [6.45, 7) is 1.90. The third kappa shape index (κ3) is 2.33. The highest BCUT2D eigenvalue weighted by Gasteiger charge is 2.12. The number of aldehydes is 1. The van der Waals surface area contributed by atoms with Crippen molar-refractivity contribution in [3.8, 4) is 17.0 Å². The van der Waals surface area contributed by atoms with E-state index in [1.165, 1.54) is 0 Å². The van der Waals surface area contributed by atoms with Gasteiger partial charge in [0, 0.05) is 10.6 Å². The van der Waals surface area contributed by atoms with Gasteiger partial charge < -0.3 is 4.74 Å². The molecule has 0 saturated heterocycles. The average Bonchev–Trinajstić information content (AvgIpc) is 2.38. The molecular formula is C13H11ClN2O2. The fourth-order valence-corrected chi connectivity index (χ4v) is 2.01. The first kappa shape index (κ1) is 12.5. The Morgan fingerprint density at radius 1 is 1.28 bits per heavy atom. The fraction of sp³-hybridized carbons (Fsp3) is 0.154. The van der Waals surface area contributed by atoms with Gasteiger partial charge in [-0.1, -0.05) is 11.6 Å². The summed E-state index contributed by atoms with van der Waals surface area (Å²) >= 11 is 6.03. The van der Waals surface area contributed by atoms with Crippen LogP contribution < -0.4 is 4.74 Å². The van der Waals surface area contributed by atoms with Crippen molar-refractivity contribution in [2.24, 2.45) is 0 Å². The van der Waals surface area contributed by atoms with Crippen LogP contribution in [-0.2, 0) is 0 Å². The van der Waals surface area contributed by atoms with Gasteiger partial charge in [0.25, 0.3) is 0 Å². The molecule has 1 heterocycles. The first-order chi connectivity index (χ1) is 8.65. The summed E-state index contributed by atoms with van der Waals surface area (Å²) in [4.78, 5) is 10.5. The van der Waals surface area contributed by atoms with Crippen molar-refractivity contribution in [1.82, 2.24) is 10.2 Å². The van der Waals surface area contributed by atoms with Gasteiger partial charge in [-0.3, -0.25) is 4.79 Å². The SMILES string of the molecule is COc1c(C)cc(Cl)cc1-c1ccc(C=O)nn1. The predicted octanol–water partition coefficient (Wildman–Crippen LogP) is 2.93. The smallest absolute Gasteiger partial charge is 0.170 e. The normalized spacial score (nSPS) is 10.2. The zero-order valence-electron chi connectivity index (χ0n) is 9.98. The molecule has 1 aromatic carbocycles. The molecule has 2 aromatic rings. The fourth-order valence-electron chi connectivity index (χ4n) is 1.74. The number of aromatic nitrogens is 2. The van der Waals surface area contributed by atoms with Gasteiger partial charge >= 0.3 is 0 Å². The number of halogens is 1. The number of benzene rings is 1. The largest absolute Gasteiger partial charge is 0.496 e. The van der Waals surface area contributed by atoms with Crippen LogP contribution in [0.4, 0.5) is 0 Å². The lowest BCUT2D eigenvalue weighted by Gasteiger charge is -2.11. The Kier molecular flexibility index (Phi) is 3.58. The van der Waals surface area contributed by atoms with Crippen LogP contribution in [0.15, 0.2) is 24.3 Å². The van der Waals surface area contributed by atoms with Crippen LogP contribution in [0.3, 0.4) is 0 Å². The molecule has 0 aliphatic carbocycles. The topological polar surface area (TPSA) is 52.1 Å². The van der Waals surface area contributed by atoms with Crippen LogP contribution in [0.5, 0.6) is 5.75 Å². The monoisotopic (exact) mass is 262 g/mol. The summed E-state index contributed by atoms with van der Waals surface area (Å²) in [6.07, 6.45) is 0.650. The van der Waals surface area contributed by atoms with Crippen molar-refractivity contribution >= 4 is 17.9 Å². The van der Waals surface area contributed by atoms with Gasteiger partial charge in [0.1, 0.15) is 11.4 Å². The number of carbonyl (C=O) groups excluding carboxylic acids is 1. The van der Waals surface area contributed by atoms with E-state index in [9.17, 15) is 4.79 Å². The molecule has 0 atom stereocenters. The second kappa shape index (κ2) is 5.14. The number of ether oxygens (including phenoxy) is 1. The maximum absolute atomic E-state index is 10.5. The van der Waals surface area contributed by atoms with Crippen molar-refractivity contribution in [2.45, 2.75) is 6.92 Å². The summed E-state index contributed by atoms with van der Waals surface area (Å²) in [5.74, 6) is 0.701. The number of carbonyl (C=O) groups is 1. The Morgan fingerprint density at radius 2 is 2.06 bits per heavy atom. The molecule has 18 heavy (non-hydrogen) atoms. The molecule has 0 bridgehead atoms. The van der Waals surface area contributed by atoms with Gasteiger partial charge in [0.2, 0.25) is 0 Å². The number of hydrogen-bond acceptors (Lipinski definition) is 4. The summed E-state index contributed by atoms with van der Waals surface area (Å²) in [7, 11) is 1.59. The van der Waals surface area contributed by atoms with Crippen LogP contribution in [-0.4, -0.2) is 23.6 Å². The third-order valence-corrected chi connectivity index (χ3v) is 2.74. The van der Waals surface area contributed by atoms with E-state index in [-0.39, 0.29) is 5.69 Å². The minimum Gasteiger partial charge on any atom is -0.496 e. The molecular weight excluding hydrogens is 252 g/mol. The summed E-state index contributed by atoms with van der Waals surface area (Å²) in [5, 5.41) is 8.38. The van der Waals surface area contributed by atoms with Gasteiger partial charge in [0.05, 0.1) is 12.8 Å².